The Hall–Kier alpha value is -0.860. The first-order valence-electron chi connectivity index (χ1n) is 7.14. The number of aryl methyl sites for hydroxylation is 1. The van der Waals surface area contributed by atoms with Crippen molar-refractivity contribution in [1.82, 2.24) is 5.32 Å². The van der Waals surface area contributed by atoms with Crippen molar-refractivity contribution in [2.24, 2.45) is 5.92 Å². The molecule has 0 saturated heterocycles. The zero-order chi connectivity index (χ0) is 13.0. The summed E-state index contributed by atoms with van der Waals surface area (Å²) in [6.07, 6.45) is 4.63. The SMILES string of the molecule is Cc1ccc(C(NC(C)CCCO)C2CC2)cc1. The van der Waals surface area contributed by atoms with Gasteiger partial charge in [0.25, 0.3) is 0 Å². The van der Waals surface area contributed by atoms with E-state index >= 15 is 0 Å². The van der Waals surface area contributed by atoms with E-state index in [-0.39, 0.29) is 0 Å². The number of aliphatic hydroxyl groups is 1. The molecule has 0 amide bonds. The van der Waals surface area contributed by atoms with Gasteiger partial charge in [-0.25, -0.2) is 0 Å². The molecule has 0 bridgehead atoms. The Balaban J connectivity index is 1.97. The maximum absolute atomic E-state index is 8.89. The average Bonchev–Trinajstić information content (AvgIpc) is 3.19. The van der Waals surface area contributed by atoms with Crippen LogP contribution in [0.15, 0.2) is 24.3 Å². The highest BCUT2D eigenvalue weighted by atomic mass is 16.2. The molecule has 1 aromatic rings. The molecule has 2 atom stereocenters. The lowest BCUT2D eigenvalue weighted by atomic mass is 9.99. The van der Waals surface area contributed by atoms with E-state index in [1.807, 2.05) is 0 Å². The molecule has 1 fully saturated rings. The topological polar surface area (TPSA) is 32.3 Å². The molecule has 1 aliphatic rings. The Morgan fingerprint density at radius 1 is 1.28 bits per heavy atom. The molecule has 18 heavy (non-hydrogen) atoms. The van der Waals surface area contributed by atoms with Crippen LogP contribution in [0.4, 0.5) is 0 Å². The van der Waals surface area contributed by atoms with Crippen LogP contribution in [0.25, 0.3) is 0 Å². The number of aliphatic hydroxyl groups excluding tert-OH is 1. The summed E-state index contributed by atoms with van der Waals surface area (Å²) >= 11 is 0. The first kappa shape index (κ1) is 13.6. The fraction of sp³-hybridized carbons (Fsp3) is 0.625. The van der Waals surface area contributed by atoms with Crippen molar-refractivity contribution in [2.75, 3.05) is 6.61 Å². The monoisotopic (exact) mass is 247 g/mol. The molecular weight excluding hydrogens is 222 g/mol. The number of hydrogen-bond acceptors (Lipinski definition) is 2. The van der Waals surface area contributed by atoms with Gasteiger partial charge in [0, 0.05) is 18.7 Å². The van der Waals surface area contributed by atoms with Gasteiger partial charge in [0.15, 0.2) is 0 Å². The number of hydrogen-bond donors (Lipinski definition) is 2. The molecule has 1 aromatic carbocycles. The third-order valence-electron chi connectivity index (χ3n) is 3.79. The predicted molar refractivity (Wildman–Crippen MR) is 75.6 cm³/mol. The van der Waals surface area contributed by atoms with Crippen LogP contribution in [-0.4, -0.2) is 17.8 Å². The molecule has 0 radical (unpaired) electrons. The fourth-order valence-electron chi connectivity index (χ4n) is 2.50. The van der Waals surface area contributed by atoms with Gasteiger partial charge in [-0.2, -0.15) is 0 Å². The van der Waals surface area contributed by atoms with Crippen molar-refractivity contribution in [1.29, 1.82) is 0 Å². The molecule has 2 nitrogen and oxygen atoms in total. The van der Waals surface area contributed by atoms with E-state index in [9.17, 15) is 0 Å². The maximum atomic E-state index is 8.89. The molecule has 2 N–H and O–H groups in total. The van der Waals surface area contributed by atoms with Crippen molar-refractivity contribution in [3.63, 3.8) is 0 Å². The van der Waals surface area contributed by atoms with E-state index in [1.165, 1.54) is 24.0 Å². The van der Waals surface area contributed by atoms with Gasteiger partial charge in [0.2, 0.25) is 0 Å². The van der Waals surface area contributed by atoms with Gasteiger partial charge in [-0.1, -0.05) is 29.8 Å². The average molecular weight is 247 g/mol. The molecule has 0 heterocycles. The summed E-state index contributed by atoms with van der Waals surface area (Å²) in [6.45, 7) is 4.65. The van der Waals surface area contributed by atoms with E-state index in [4.69, 9.17) is 5.11 Å². The first-order valence-corrected chi connectivity index (χ1v) is 7.14. The Morgan fingerprint density at radius 3 is 2.50 bits per heavy atom. The van der Waals surface area contributed by atoms with Crippen molar-refractivity contribution in [3.8, 4) is 0 Å². The zero-order valence-corrected chi connectivity index (χ0v) is 11.5. The highest BCUT2D eigenvalue weighted by Crippen LogP contribution is 2.41. The lowest BCUT2D eigenvalue weighted by molar-refractivity contribution is 0.272. The summed E-state index contributed by atoms with van der Waals surface area (Å²) in [4.78, 5) is 0. The highest BCUT2D eigenvalue weighted by molar-refractivity contribution is 5.25. The van der Waals surface area contributed by atoms with Crippen molar-refractivity contribution < 1.29 is 5.11 Å². The lowest BCUT2D eigenvalue weighted by Gasteiger charge is -2.24. The van der Waals surface area contributed by atoms with E-state index in [2.05, 4.69) is 43.4 Å². The molecule has 0 aliphatic heterocycles. The Labute approximate surface area is 110 Å². The highest BCUT2D eigenvalue weighted by Gasteiger charge is 2.32. The third kappa shape index (κ3) is 3.82. The van der Waals surface area contributed by atoms with Gasteiger partial charge in [-0.05, 0) is 51.0 Å². The van der Waals surface area contributed by atoms with Crippen LogP contribution in [0.1, 0.15) is 49.8 Å². The summed E-state index contributed by atoms with van der Waals surface area (Å²) in [6, 6.07) is 9.88. The second-order valence-corrected chi connectivity index (χ2v) is 5.66. The fourth-order valence-corrected chi connectivity index (χ4v) is 2.50. The minimum Gasteiger partial charge on any atom is -0.396 e. The minimum atomic E-state index is 0.296. The number of rotatable bonds is 7. The summed E-state index contributed by atoms with van der Waals surface area (Å²) in [7, 11) is 0. The predicted octanol–water partition coefficient (Wildman–Crippen LogP) is 3.20. The molecule has 1 aliphatic carbocycles. The summed E-state index contributed by atoms with van der Waals surface area (Å²) in [5.74, 6) is 0.810. The maximum Gasteiger partial charge on any atom is 0.0431 e. The van der Waals surface area contributed by atoms with Crippen LogP contribution in [0.3, 0.4) is 0 Å². The van der Waals surface area contributed by atoms with E-state index in [0.29, 0.717) is 18.7 Å². The second-order valence-electron chi connectivity index (χ2n) is 5.66. The molecule has 0 aromatic heterocycles. The smallest absolute Gasteiger partial charge is 0.0431 e. The van der Waals surface area contributed by atoms with E-state index < -0.39 is 0 Å². The Morgan fingerprint density at radius 2 is 1.94 bits per heavy atom. The standard InChI is InChI=1S/C16H25NO/c1-12-5-7-14(8-6-12)16(15-9-10-15)17-13(2)4-3-11-18/h5-8,13,15-18H,3-4,9-11H2,1-2H3. The minimum absolute atomic E-state index is 0.296. The van der Waals surface area contributed by atoms with Gasteiger partial charge in [-0.15, -0.1) is 0 Å². The van der Waals surface area contributed by atoms with Crippen LogP contribution in [-0.2, 0) is 0 Å². The number of nitrogens with one attached hydrogen (secondary N) is 1. The first-order chi connectivity index (χ1) is 8.70. The van der Waals surface area contributed by atoms with Gasteiger partial charge >= 0.3 is 0 Å². The van der Waals surface area contributed by atoms with Gasteiger partial charge in [0.05, 0.1) is 0 Å². The van der Waals surface area contributed by atoms with E-state index in [1.54, 1.807) is 0 Å². The third-order valence-corrected chi connectivity index (χ3v) is 3.79. The van der Waals surface area contributed by atoms with Crippen molar-refractivity contribution in [3.05, 3.63) is 35.4 Å². The van der Waals surface area contributed by atoms with Gasteiger partial charge < -0.3 is 10.4 Å². The van der Waals surface area contributed by atoms with E-state index in [0.717, 1.165) is 18.8 Å². The Kier molecular flexibility index (Phi) is 4.79. The molecule has 1 saturated carbocycles. The summed E-state index contributed by atoms with van der Waals surface area (Å²) in [5, 5.41) is 12.6. The van der Waals surface area contributed by atoms with Gasteiger partial charge in [-0.3, -0.25) is 0 Å². The molecule has 0 spiro atoms. The van der Waals surface area contributed by atoms with Crippen LogP contribution in [0, 0.1) is 12.8 Å². The normalized spacial score (nSPS) is 18.6. The zero-order valence-electron chi connectivity index (χ0n) is 11.5. The molecule has 2 heteroatoms. The largest absolute Gasteiger partial charge is 0.396 e. The summed E-state index contributed by atoms with van der Waals surface area (Å²) in [5.41, 5.74) is 2.74. The molecule has 2 rings (SSSR count). The quantitative estimate of drug-likeness (QED) is 0.775. The molecular formula is C16H25NO. The molecule has 100 valence electrons. The second kappa shape index (κ2) is 6.35. The number of benzene rings is 1. The lowest BCUT2D eigenvalue weighted by Crippen LogP contribution is -2.32. The van der Waals surface area contributed by atoms with Crippen LogP contribution < -0.4 is 5.32 Å². The molecule has 2 unspecified atom stereocenters. The Bertz CT molecular complexity index is 356. The summed E-state index contributed by atoms with van der Waals surface area (Å²) < 4.78 is 0. The van der Waals surface area contributed by atoms with Crippen LogP contribution in [0.5, 0.6) is 0 Å². The van der Waals surface area contributed by atoms with Gasteiger partial charge in [0.1, 0.15) is 0 Å². The van der Waals surface area contributed by atoms with Crippen molar-refractivity contribution in [2.45, 2.75) is 51.6 Å². The van der Waals surface area contributed by atoms with Crippen LogP contribution >= 0.6 is 0 Å². The van der Waals surface area contributed by atoms with Crippen molar-refractivity contribution >= 4 is 0 Å². The van der Waals surface area contributed by atoms with Crippen LogP contribution in [0.2, 0.25) is 0 Å².